The fraction of sp³-hybridized carbons (Fsp3) is 0.143. The van der Waals surface area contributed by atoms with Crippen molar-refractivity contribution in [2.75, 3.05) is 0 Å². The van der Waals surface area contributed by atoms with E-state index in [9.17, 15) is 9.59 Å². The van der Waals surface area contributed by atoms with Gasteiger partial charge in [-0.2, -0.15) is 5.26 Å². The lowest BCUT2D eigenvalue weighted by molar-refractivity contribution is -0.122. The molecule has 2 aromatic heterocycles. The number of nitriles is 1. The second-order valence-corrected chi connectivity index (χ2v) is 6.48. The second kappa shape index (κ2) is 7.00. The molecular formula is C21H16N4O3. The maximum absolute atomic E-state index is 12.7. The minimum Gasteiger partial charge on any atom is -0.448 e. The molecule has 0 saturated heterocycles. The van der Waals surface area contributed by atoms with E-state index in [1.807, 2.05) is 25.1 Å². The molecule has 1 unspecified atom stereocenters. The minimum atomic E-state index is -0.401. The number of benzene rings is 2. The van der Waals surface area contributed by atoms with E-state index in [-0.39, 0.29) is 24.1 Å². The number of nitrogens with zero attached hydrogens (tertiary/aromatic N) is 3. The second-order valence-electron chi connectivity index (χ2n) is 6.48. The van der Waals surface area contributed by atoms with Gasteiger partial charge in [-0.15, -0.1) is 0 Å². The van der Waals surface area contributed by atoms with E-state index >= 15 is 0 Å². The van der Waals surface area contributed by atoms with Crippen LogP contribution in [0.5, 0.6) is 0 Å². The maximum Gasteiger partial charge on any atom is 0.297 e. The number of carbonyl (C=O) groups excluding carboxylic acids is 1. The van der Waals surface area contributed by atoms with E-state index < -0.39 is 5.56 Å². The fourth-order valence-electron chi connectivity index (χ4n) is 3.10. The standard InChI is InChI=1S/C21H16N4O3/c1-13(15-8-6-14(10-22)7-9-15)24-18(26)11-25-12-23-19-16-4-2-3-5-17(16)28-20(19)21(25)27/h2-9,12-13H,11H2,1H3,(H,24,26). The van der Waals surface area contributed by atoms with Gasteiger partial charge in [-0.3, -0.25) is 14.2 Å². The zero-order valence-electron chi connectivity index (χ0n) is 15.0. The number of carbonyl (C=O) groups is 1. The van der Waals surface area contributed by atoms with Crippen molar-refractivity contribution in [3.63, 3.8) is 0 Å². The van der Waals surface area contributed by atoms with Gasteiger partial charge in [0.25, 0.3) is 5.56 Å². The normalized spacial score (nSPS) is 12.0. The van der Waals surface area contributed by atoms with Gasteiger partial charge < -0.3 is 9.73 Å². The van der Waals surface area contributed by atoms with Crippen LogP contribution in [0.15, 0.2) is 64.1 Å². The third-order valence-electron chi connectivity index (χ3n) is 4.58. The van der Waals surface area contributed by atoms with Gasteiger partial charge in [-0.1, -0.05) is 24.3 Å². The Bertz CT molecular complexity index is 1280. The number of rotatable bonds is 4. The first-order valence-corrected chi connectivity index (χ1v) is 8.73. The molecule has 0 bridgehead atoms. The van der Waals surface area contributed by atoms with E-state index in [0.717, 1.165) is 10.9 Å². The van der Waals surface area contributed by atoms with Gasteiger partial charge in [0.1, 0.15) is 17.6 Å². The first-order valence-electron chi connectivity index (χ1n) is 8.73. The van der Waals surface area contributed by atoms with Crippen LogP contribution in [-0.2, 0) is 11.3 Å². The third-order valence-corrected chi connectivity index (χ3v) is 4.58. The van der Waals surface area contributed by atoms with Crippen LogP contribution < -0.4 is 10.9 Å². The van der Waals surface area contributed by atoms with Crippen LogP contribution in [0, 0.1) is 11.3 Å². The van der Waals surface area contributed by atoms with Crippen molar-refractivity contribution in [2.45, 2.75) is 19.5 Å². The quantitative estimate of drug-likeness (QED) is 0.594. The molecular weight excluding hydrogens is 356 g/mol. The van der Waals surface area contributed by atoms with E-state index in [1.54, 1.807) is 30.3 Å². The number of aromatic nitrogens is 2. The van der Waals surface area contributed by atoms with Crippen LogP contribution in [0.4, 0.5) is 0 Å². The lowest BCUT2D eigenvalue weighted by atomic mass is 10.1. The molecule has 0 spiro atoms. The number of fused-ring (bicyclic) bond motifs is 3. The summed E-state index contributed by atoms with van der Waals surface area (Å²) in [6.45, 7) is 1.67. The monoisotopic (exact) mass is 372 g/mol. The maximum atomic E-state index is 12.7. The summed E-state index contributed by atoms with van der Waals surface area (Å²) >= 11 is 0. The van der Waals surface area contributed by atoms with Crippen molar-refractivity contribution in [1.82, 2.24) is 14.9 Å². The smallest absolute Gasteiger partial charge is 0.297 e. The average Bonchev–Trinajstić information content (AvgIpc) is 3.09. The number of nitrogens with one attached hydrogen (secondary N) is 1. The lowest BCUT2D eigenvalue weighted by Gasteiger charge is -2.15. The highest BCUT2D eigenvalue weighted by atomic mass is 16.3. The van der Waals surface area contributed by atoms with E-state index in [0.29, 0.717) is 16.7 Å². The number of furan rings is 1. The largest absolute Gasteiger partial charge is 0.448 e. The fourth-order valence-corrected chi connectivity index (χ4v) is 3.10. The van der Waals surface area contributed by atoms with Crippen molar-refractivity contribution in [3.8, 4) is 6.07 Å². The van der Waals surface area contributed by atoms with Crippen LogP contribution in [0.1, 0.15) is 24.1 Å². The summed E-state index contributed by atoms with van der Waals surface area (Å²) < 4.78 is 6.85. The molecule has 4 rings (SSSR count). The molecule has 2 heterocycles. The summed E-state index contributed by atoms with van der Waals surface area (Å²) in [6.07, 6.45) is 1.36. The Balaban J connectivity index is 1.54. The molecule has 1 atom stereocenters. The van der Waals surface area contributed by atoms with E-state index in [1.165, 1.54) is 10.9 Å². The zero-order chi connectivity index (χ0) is 19.7. The molecule has 7 nitrogen and oxygen atoms in total. The van der Waals surface area contributed by atoms with Gasteiger partial charge in [-0.25, -0.2) is 4.98 Å². The molecule has 0 fully saturated rings. The van der Waals surface area contributed by atoms with Crippen LogP contribution in [-0.4, -0.2) is 15.5 Å². The van der Waals surface area contributed by atoms with E-state index in [4.69, 9.17) is 9.68 Å². The predicted octanol–water partition coefficient (Wildman–Crippen LogP) is 2.89. The number of hydrogen-bond acceptors (Lipinski definition) is 5. The molecule has 2 aromatic carbocycles. The van der Waals surface area contributed by atoms with Crippen molar-refractivity contribution in [2.24, 2.45) is 0 Å². The summed E-state index contributed by atoms with van der Waals surface area (Å²) in [6, 6.07) is 16.0. The first-order chi connectivity index (χ1) is 13.6. The van der Waals surface area contributed by atoms with Gasteiger partial charge >= 0.3 is 0 Å². The highest BCUT2D eigenvalue weighted by Crippen LogP contribution is 2.24. The summed E-state index contributed by atoms with van der Waals surface area (Å²) in [5.41, 5.74) is 2.23. The third kappa shape index (κ3) is 3.12. The molecule has 1 amide bonds. The molecule has 0 aliphatic rings. The van der Waals surface area contributed by atoms with Gasteiger partial charge in [0.05, 0.1) is 24.0 Å². The number of para-hydroxylation sites is 1. The molecule has 1 N–H and O–H groups in total. The Morgan fingerprint density at radius 2 is 2.00 bits per heavy atom. The van der Waals surface area contributed by atoms with Gasteiger partial charge in [0, 0.05) is 5.39 Å². The highest BCUT2D eigenvalue weighted by Gasteiger charge is 2.15. The summed E-state index contributed by atoms with van der Waals surface area (Å²) in [7, 11) is 0. The summed E-state index contributed by atoms with van der Waals surface area (Å²) in [4.78, 5) is 29.4. The minimum absolute atomic E-state index is 0.136. The van der Waals surface area contributed by atoms with Crippen molar-refractivity contribution < 1.29 is 9.21 Å². The van der Waals surface area contributed by atoms with Gasteiger partial charge in [0.2, 0.25) is 11.5 Å². The van der Waals surface area contributed by atoms with Crippen LogP contribution >= 0.6 is 0 Å². The van der Waals surface area contributed by atoms with Crippen LogP contribution in [0.2, 0.25) is 0 Å². The Hall–Kier alpha value is -3.92. The molecule has 7 heteroatoms. The molecule has 138 valence electrons. The average molecular weight is 372 g/mol. The van der Waals surface area contributed by atoms with Crippen molar-refractivity contribution >= 4 is 28.0 Å². The molecule has 0 aliphatic heterocycles. The Kier molecular flexibility index (Phi) is 4.38. The lowest BCUT2D eigenvalue weighted by Crippen LogP contribution is -2.33. The topological polar surface area (TPSA) is 101 Å². The molecule has 0 radical (unpaired) electrons. The Morgan fingerprint density at radius 3 is 2.75 bits per heavy atom. The molecule has 4 aromatic rings. The summed E-state index contributed by atoms with van der Waals surface area (Å²) in [5.74, 6) is -0.323. The Morgan fingerprint density at radius 1 is 1.25 bits per heavy atom. The van der Waals surface area contributed by atoms with E-state index in [2.05, 4.69) is 16.4 Å². The molecule has 28 heavy (non-hydrogen) atoms. The Labute approximate surface area is 159 Å². The number of hydrogen-bond donors (Lipinski definition) is 1. The summed E-state index contributed by atoms with van der Waals surface area (Å²) in [5, 5.41) is 12.5. The van der Waals surface area contributed by atoms with Crippen LogP contribution in [0.25, 0.3) is 22.1 Å². The predicted molar refractivity (Wildman–Crippen MR) is 103 cm³/mol. The zero-order valence-corrected chi connectivity index (χ0v) is 15.0. The van der Waals surface area contributed by atoms with Gasteiger partial charge in [0.15, 0.2) is 0 Å². The van der Waals surface area contributed by atoms with Crippen LogP contribution in [0.3, 0.4) is 0 Å². The SMILES string of the molecule is CC(NC(=O)Cn1cnc2c(oc3ccccc32)c1=O)c1ccc(C#N)cc1. The first kappa shape index (κ1) is 17.5. The van der Waals surface area contributed by atoms with Crippen molar-refractivity contribution in [3.05, 3.63) is 76.3 Å². The molecule has 0 aliphatic carbocycles. The molecule has 0 saturated carbocycles. The van der Waals surface area contributed by atoms with Gasteiger partial charge in [-0.05, 0) is 36.8 Å². The number of amides is 1. The highest BCUT2D eigenvalue weighted by molar-refractivity contribution is 6.01. The van der Waals surface area contributed by atoms with Crippen molar-refractivity contribution in [1.29, 1.82) is 5.26 Å².